The number of piperazine rings is 1. The lowest BCUT2D eigenvalue weighted by Crippen LogP contribution is -2.51. The molecule has 1 heterocycles. The topological polar surface area (TPSA) is 38.8 Å². The first-order valence-electron chi connectivity index (χ1n) is 7.60. The smallest absolute Gasteiger partial charge is 0.236 e. The van der Waals surface area contributed by atoms with Crippen molar-refractivity contribution < 1.29 is 4.79 Å². The molecule has 1 aromatic carbocycles. The molecule has 0 aliphatic carbocycles. The van der Waals surface area contributed by atoms with Crippen LogP contribution in [0.4, 0.5) is 5.69 Å². The fourth-order valence-electron chi connectivity index (χ4n) is 2.46. The van der Waals surface area contributed by atoms with Crippen LogP contribution in [0.25, 0.3) is 0 Å². The van der Waals surface area contributed by atoms with Gasteiger partial charge in [0.1, 0.15) is 0 Å². The molecule has 1 aliphatic heterocycles. The van der Waals surface area contributed by atoms with E-state index in [0.29, 0.717) is 6.54 Å². The average molecular weight is 290 g/mol. The molecule has 0 bridgehead atoms. The fourth-order valence-corrected chi connectivity index (χ4v) is 2.46. The summed E-state index contributed by atoms with van der Waals surface area (Å²) in [5.41, 5.74) is 1.24. The number of nitrogens with one attached hydrogen (secondary N) is 1. The van der Waals surface area contributed by atoms with Gasteiger partial charge in [-0.2, -0.15) is 0 Å². The van der Waals surface area contributed by atoms with Crippen LogP contribution in [0.3, 0.4) is 0 Å². The average Bonchev–Trinajstić information content (AvgIpc) is 2.52. The molecular weight excluding hydrogens is 264 g/mol. The molecule has 0 unspecified atom stereocenters. The highest BCUT2D eigenvalue weighted by atomic mass is 16.2. The van der Waals surface area contributed by atoms with Crippen molar-refractivity contribution in [2.45, 2.75) is 0 Å². The standard InChI is InChI=1S/C16H26N4O/c1-18(2)9-8-17-14-16(21)20-12-10-19(11-13-20)15-6-4-3-5-7-15/h3-7,17H,8-14H2,1-2H3. The van der Waals surface area contributed by atoms with E-state index >= 15 is 0 Å². The summed E-state index contributed by atoms with van der Waals surface area (Å²) in [6.07, 6.45) is 0. The van der Waals surface area contributed by atoms with Crippen LogP contribution in [-0.4, -0.2) is 75.6 Å². The molecule has 116 valence electrons. The highest BCUT2D eigenvalue weighted by Gasteiger charge is 2.20. The lowest BCUT2D eigenvalue weighted by Gasteiger charge is -2.36. The number of carbonyl (C=O) groups is 1. The minimum Gasteiger partial charge on any atom is -0.368 e. The largest absolute Gasteiger partial charge is 0.368 e. The van der Waals surface area contributed by atoms with Gasteiger partial charge in [-0.05, 0) is 26.2 Å². The Kier molecular flexibility index (Phi) is 6.02. The van der Waals surface area contributed by atoms with Crippen molar-refractivity contribution in [3.63, 3.8) is 0 Å². The fraction of sp³-hybridized carbons (Fsp3) is 0.562. The normalized spacial score (nSPS) is 15.6. The molecular formula is C16H26N4O. The third kappa shape index (κ3) is 5.02. The minimum absolute atomic E-state index is 0.210. The van der Waals surface area contributed by atoms with Gasteiger partial charge in [-0.25, -0.2) is 0 Å². The summed E-state index contributed by atoms with van der Waals surface area (Å²) in [6.45, 7) is 5.68. The zero-order valence-corrected chi connectivity index (χ0v) is 13.1. The van der Waals surface area contributed by atoms with E-state index in [1.807, 2.05) is 25.1 Å². The highest BCUT2D eigenvalue weighted by Crippen LogP contribution is 2.15. The number of hydrogen-bond acceptors (Lipinski definition) is 4. The first-order chi connectivity index (χ1) is 10.2. The molecule has 0 atom stereocenters. The van der Waals surface area contributed by atoms with E-state index in [0.717, 1.165) is 39.3 Å². The maximum Gasteiger partial charge on any atom is 0.236 e. The van der Waals surface area contributed by atoms with E-state index < -0.39 is 0 Å². The van der Waals surface area contributed by atoms with E-state index in [-0.39, 0.29) is 5.91 Å². The van der Waals surface area contributed by atoms with Crippen LogP contribution in [0, 0.1) is 0 Å². The Labute approximate surface area is 127 Å². The molecule has 0 saturated carbocycles. The molecule has 2 rings (SSSR count). The van der Waals surface area contributed by atoms with Crippen molar-refractivity contribution in [2.75, 3.05) is 64.8 Å². The summed E-state index contributed by atoms with van der Waals surface area (Å²) in [6, 6.07) is 10.4. The van der Waals surface area contributed by atoms with E-state index in [4.69, 9.17) is 0 Å². The summed E-state index contributed by atoms with van der Waals surface area (Å²) in [7, 11) is 4.07. The van der Waals surface area contributed by atoms with E-state index in [1.54, 1.807) is 0 Å². The second-order valence-electron chi connectivity index (χ2n) is 5.68. The molecule has 21 heavy (non-hydrogen) atoms. The monoisotopic (exact) mass is 290 g/mol. The van der Waals surface area contributed by atoms with Crippen LogP contribution < -0.4 is 10.2 Å². The SMILES string of the molecule is CN(C)CCNCC(=O)N1CCN(c2ccccc2)CC1. The Morgan fingerprint density at radius 1 is 1.14 bits per heavy atom. The number of para-hydroxylation sites is 1. The van der Waals surface area contributed by atoms with Crippen molar-refractivity contribution >= 4 is 11.6 Å². The van der Waals surface area contributed by atoms with Crippen molar-refractivity contribution in [3.8, 4) is 0 Å². The number of nitrogens with zero attached hydrogens (tertiary/aromatic N) is 3. The molecule has 5 nitrogen and oxygen atoms in total. The molecule has 1 amide bonds. The maximum atomic E-state index is 12.1. The minimum atomic E-state index is 0.210. The van der Waals surface area contributed by atoms with Crippen LogP contribution in [0.2, 0.25) is 0 Å². The Morgan fingerprint density at radius 3 is 2.43 bits per heavy atom. The number of carbonyl (C=O) groups excluding carboxylic acids is 1. The van der Waals surface area contributed by atoms with Gasteiger partial charge in [0.25, 0.3) is 0 Å². The van der Waals surface area contributed by atoms with Crippen LogP contribution in [0.15, 0.2) is 30.3 Å². The van der Waals surface area contributed by atoms with Crippen molar-refractivity contribution in [1.82, 2.24) is 15.1 Å². The van der Waals surface area contributed by atoms with Gasteiger partial charge in [-0.3, -0.25) is 4.79 Å². The van der Waals surface area contributed by atoms with E-state index in [9.17, 15) is 4.79 Å². The van der Waals surface area contributed by atoms with Crippen molar-refractivity contribution in [3.05, 3.63) is 30.3 Å². The summed E-state index contributed by atoms with van der Waals surface area (Å²) < 4.78 is 0. The quantitative estimate of drug-likeness (QED) is 0.774. The second kappa shape index (κ2) is 8.00. The van der Waals surface area contributed by atoms with Gasteiger partial charge in [0.15, 0.2) is 0 Å². The van der Waals surface area contributed by atoms with Gasteiger partial charge < -0.3 is 20.0 Å². The van der Waals surface area contributed by atoms with Crippen LogP contribution in [0.1, 0.15) is 0 Å². The van der Waals surface area contributed by atoms with Gasteiger partial charge in [0, 0.05) is 45.0 Å². The number of likely N-dealkylation sites (N-methyl/N-ethyl adjacent to an activating group) is 1. The lowest BCUT2D eigenvalue weighted by molar-refractivity contribution is -0.130. The predicted molar refractivity (Wildman–Crippen MR) is 86.7 cm³/mol. The molecule has 1 aromatic rings. The van der Waals surface area contributed by atoms with Gasteiger partial charge >= 0.3 is 0 Å². The number of hydrogen-bond donors (Lipinski definition) is 1. The highest BCUT2D eigenvalue weighted by molar-refractivity contribution is 5.78. The first kappa shape index (κ1) is 15.8. The Bertz CT molecular complexity index is 427. The summed E-state index contributed by atoms with van der Waals surface area (Å²) >= 11 is 0. The zero-order chi connectivity index (χ0) is 15.1. The maximum absolute atomic E-state index is 12.1. The Morgan fingerprint density at radius 2 is 1.81 bits per heavy atom. The van der Waals surface area contributed by atoms with Gasteiger partial charge in [-0.1, -0.05) is 18.2 Å². The van der Waals surface area contributed by atoms with E-state index in [1.165, 1.54) is 5.69 Å². The summed E-state index contributed by atoms with van der Waals surface area (Å²) in [5, 5.41) is 3.21. The lowest BCUT2D eigenvalue weighted by atomic mass is 10.2. The molecule has 0 radical (unpaired) electrons. The van der Waals surface area contributed by atoms with Crippen LogP contribution in [-0.2, 0) is 4.79 Å². The molecule has 0 spiro atoms. The van der Waals surface area contributed by atoms with Crippen molar-refractivity contribution in [1.29, 1.82) is 0 Å². The third-order valence-corrected chi connectivity index (χ3v) is 3.77. The van der Waals surface area contributed by atoms with Crippen LogP contribution in [0.5, 0.6) is 0 Å². The number of amides is 1. The molecule has 1 aliphatic rings. The first-order valence-corrected chi connectivity index (χ1v) is 7.60. The summed E-state index contributed by atoms with van der Waals surface area (Å²) in [5.74, 6) is 0.210. The summed E-state index contributed by atoms with van der Waals surface area (Å²) in [4.78, 5) is 18.5. The Hall–Kier alpha value is -1.59. The van der Waals surface area contributed by atoms with Gasteiger partial charge in [0.05, 0.1) is 6.54 Å². The predicted octanol–water partition coefficient (Wildman–Crippen LogP) is 0.486. The molecule has 1 saturated heterocycles. The number of benzene rings is 1. The van der Waals surface area contributed by atoms with E-state index in [2.05, 4.69) is 39.4 Å². The Balaban J connectivity index is 1.70. The van der Waals surface area contributed by atoms with Gasteiger partial charge in [0.2, 0.25) is 5.91 Å². The van der Waals surface area contributed by atoms with Crippen LogP contribution >= 0.6 is 0 Å². The number of rotatable bonds is 6. The van der Waals surface area contributed by atoms with Gasteiger partial charge in [-0.15, -0.1) is 0 Å². The molecule has 0 aromatic heterocycles. The zero-order valence-electron chi connectivity index (χ0n) is 13.1. The number of anilines is 1. The molecule has 5 heteroatoms. The van der Waals surface area contributed by atoms with Crippen molar-refractivity contribution in [2.24, 2.45) is 0 Å². The second-order valence-corrected chi connectivity index (χ2v) is 5.68. The molecule has 1 N–H and O–H groups in total. The third-order valence-electron chi connectivity index (χ3n) is 3.77. The molecule has 1 fully saturated rings.